The second kappa shape index (κ2) is 4.17. The van der Waals surface area contributed by atoms with Crippen LogP contribution in [0.15, 0.2) is 0 Å². The van der Waals surface area contributed by atoms with Gasteiger partial charge in [-0.2, -0.15) is 0 Å². The van der Waals surface area contributed by atoms with Crippen LogP contribution in [0.4, 0.5) is 0 Å². The third-order valence-corrected chi connectivity index (χ3v) is 3.71. The standard InChI is InChI=1S/C12H19N3O/c1-9-4-5-15-11(7-9)13-14-12(15)8-10-3-2-6-16-10/h9-10H,2-8H2,1H3. The first-order valence-corrected chi connectivity index (χ1v) is 6.35. The van der Waals surface area contributed by atoms with Crippen LogP contribution in [0.5, 0.6) is 0 Å². The van der Waals surface area contributed by atoms with Gasteiger partial charge in [0.1, 0.15) is 11.6 Å². The Hall–Kier alpha value is -0.900. The minimum atomic E-state index is 0.382. The summed E-state index contributed by atoms with van der Waals surface area (Å²) < 4.78 is 7.96. The third-order valence-electron chi connectivity index (χ3n) is 3.71. The second-order valence-electron chi connectivity index (χ2n) is 5.12. The van der Waals surface area contributed by atoms with Crippen LogP contribution in [0.1, 0.15) is 37.8 Å². The predicted octanol–water partition coefficient (Wildman–Crippen LogP) is 1.58. The van der Waals surface area contributed by atoms with E-state index in [-0.39, 0.29) is 0 Å². The van der Waals surface area contributed by atoms with Crippen molar-refractivity contribution in [2.45, 2.75) is 51.7 Å². The van der Waals surface area contributed by atoms with Crippen molar-refractivity contribution in [1.82, 2.24) is 14.8 Å². The highest BCUT2D eigenvalue weighted by Gasteiger charge is 2.23. The zero-order chi connectivity index (χ0) is 11.0. The largest absolute Gasteiger partial charge is 0.378 e. The Bertz CT molecular complexity index is 368. The fourth-order valence-corrected chi connectivity index (χ4v) is 2.70. The van der Waals surface area contributed by atoms with E-state index in [9.17, 15) is 0 Å². The molecule has 1 aromatic rings. The Morgan fingerprint density at radius 1 is 1.38 bits per heavy atom. The Morgan fingerprint density at radius 3 is 3.12 bits per heavy atom. The van der Waals surface area contributed by atoms with Crippen molar-refractivity contribution < 1.29 is 4.74 Å². The number of nitrogens with zero attached hydrogens (tertiary/aromatic N) is 3. The molecule has 0 N–H and O–H groups in total. The van der Waals surface area contributed by atoms with Crippen LogP contribution in [0.25, 0.3) is 0 Å². The lowest BCUT2D eigenvalue weighted by Gasteiger charge is -2.20. The quantitative estimate of drug-likeness (QED) is 0.761. The van der Waals surface area contributed by atoms with Crippen molar-refractivity contribution in [1.29, 1.82) is 0 Å². The van der Waals surface area contributed by atoms with Crippen molar-refractivity contribution in [2.75, 3.05) is 6.61 Å². The van der Waals surface area contributed by atoms with Crippen LogP contribution in [-0.2, 0) is 24.1 Å². The predicted molar refractivity (Wildman–Crippen MR) is 60.2 cm³/mol. The molecule has 4 heteroatoms. The van der Waals surface area contributed by atoms with E-state index in [1.54, 1.807) is 0 Å². The average molecular weight is 221 g/mol. The Kier molecular flexibility index (Phi) is 2.67. The molecular formula is C12H19N3O. The monoisotopic (exact) mass is 221 g/mol. The molecule has 0 spiro atoms. The van der Waals surface area contributed by atoms with Crippen LogP contribution in [0.2, 0.25) is 0 Å². The van der Waals surface area contributed by atoms with Crippen molar-refractivity contribution in [3.8, 4) is 0 Å². The summed E-state index contributed by atoms with van der Waals surface area (Å²) in [6, 6.07) is 0. The molecule has 16 heavy (non-hydrogen) atoms. The van der Waals surface area contributed by atoms with E-state index in [0.717, 1.165) is 37.7 Å². The fraction of sp³-hybridized carbons (Fsp3) is 0.833. The van der Waals surface area contributed by atoms with Gasteiger partial charge in [0.05, 0.1) is 6.10 Å². The minimum absolute atomic E-state index is 0.382. The van der Waals surface area contributed by atoms with E-state index in [1.807, 2.05) is 0 Å². The molecule has 88 valence electrons. The maximum atomic E-state index is 5.66. The van der Waals surface area contributed by atoms with E-state index >= 15 is 0 Å². The molecule has 0 radical (unpaired) electrons. The number of hydrogen-bond donors (Lipinski definition) is 0. The van der Waals surface area contributed by atoms with Gasteiger partial charge in [-0.05, 0) is 25.2 Å². The molecule has 2 aliphatic rings. The van der Waals surface area contributed by atoms with Gasteiger partial charge in [0.25, 0.3) is 0 Å². The summed E-state index contributed by atoms with van der Waals surface area (Å²) in [5.41, 5.74) is 0. The second-order valence-corrected chi connectivity index (χ2v) is 5.12. The molecule has 2 unspecified atom stereocenters. The van der Waals surface area contributed by atoms with Crippen molar-refractivity contribution >= 4 is 0 Å². The first-order chi connectivity index (χ1) is 7.83. The lowest BCUT2D eigenvalue weighted by molar-refractivity contribution is 0.109. The van der Waals surface area contributed by atoms with Gasteiger partial charge in [0.2, 0.25) is 0 Å². The Balaban J connectivity index is 1.75. The van der Waals surface area contributed by atoms with Crippen LogP contribution in [0, 0.1) is 5.92 Å². The molecule has 2 atom stereocenters. The highest BCUT2D eigenvalue weighted by molar-refractivity contribution is 5.01. The number of rotatable bonds is 2. The van der Waals surface area contributed by atoms with Crippen LogP contribution < -0.4 is 0 Å². The smallest absolute Gasteiger partial charge is 0.135 e. The molecule has 0 saturated carbocycles. The zero-order valence-corrected chi connectivity index (χ0v) is 9.85. The summed E-state index contributed by atoms with van der Waals surface area (Å²) in [6.07, 6.45) is 6.04. The van der Waals surface area contributed by atoms with E-state index in [1.165, 1.54) is 25.1 Å². The van der Waals surface area contributed by atoms with E-state index in [4.69, 9.17) is 4.74 Å². The van der Waals surface area contributed by atoms with Gasteiger partial charge in [-0.15, -0.1) is 10.2 Å². The summed E-state index contributed by atoms with van der Waals surface area (Å²) in [7, 11) is 0. The van der Waals surface area contributed by atoms with Gasteiger partial charge in [-0.25, -0.2) is 0 Å². The third kappa shape index (κ3) is 1.86. The minimum Gasteiger partial charge on any atom is -0.378 e. The van der Waals surface area contributed by atoms with Gasteiger partial charge in [0, 0.05) is 26.0 Å². The molecule has 3 rings (SSSR count). The highest BCUT2D eigenvalue weighted by atomic mass is 16.5. The zero-order valence-electron chi connectivity index (χ0n) is 9.85. The summed E-state index contributed by atoms with van der Waals surface area (Å²) in [4.78, 5) is 0. The molecular weight excluding hydrogens is 202 g/mol. The fourth-order valence-electron chi connectivity index (χ4n) is 2.70. The first-order valence-electron chi connectivity index (χ1n) is 6.35. The number of ether oxygens (including phenoxy) is 1. The first kappa shape index (κ1) is 10.3. The SMILES string of the molecule is CC1CCn2c(nnc2CC2CCCO2)C1. The molecule has 4 nitrogen and oxygen atoms in total. The summed E-state index contributed by atoms with van der Waals surface area (Å²) in [6.45, 7) is 4.30. The van der Waals surface area contributed by atoms with E-state index in [2.05, 4.69) is 21.7 Å². The van der Waals surface area contributed by atoms with Crippen LogP contribution in [-0.4, -0.2) is 27.5 Å². The Labute approximate surface area is 96.0 Å². The molecule has 1 fully saturated rings. The van der Waals surface area contributed by atoms with Gasteiger partial charge >= 0.3 is 0 Å². The topological polar surface area (TPSA) is 39.9 Å². The lowest BCUT2D eigenvalue weighted by Crippen LogP contribution is -2.21. The van der Waals surface area contributed by atoms with E-state index in [0.29, 0.717) is 6.10 Å². The van der Waals surface area contributed by atoms with Gasteiger partial charge in [0.15, 0.2) is 0 Å². The van der Waals surface area contributed by atoms with Gasteiger partial charge in [-0.3, -0.25) is 0 Å². The van der Waals surface area contributed by atoms with Crippen molar-refractivity contribution in [3.63, 3.8) is 0 Å². The van der Waals surface area contributed by atoms with Crippen molar-refractivity contribution in [3.05, 3.63) is 11.6 Å². The van der Waals surface area contributed by atoms with Gasteiger partial charge in [-0.1, -0.05) is 6.92 Å². The average Bonchev–Trinajstić information content (AvgIpc) is 2.89. The maximum Gasteiger partial charge on any atom is 0.135 e. The molecule has 0 amide bonds. The molecule has 1 aromatic heterocycles. The highest BCUT2D eigenvalue weighted by Crippen LogP contribution is 2.22. The number of hydrogen-bond acceptors (Lipinski definition) is 3. The van der Waals surface area contributed by atoms with Gasteiger partial charge < -0.3 is 9.30 Å². The van der Waals surface area contributed by atoms with Crippen LogP contribution in [0.3, 0.4) is 0 Å². The normalized spacial score (nSPS) is 29.3. The molecule has 0 bridgehead atoms. The number of fused-ring (bicyclic) bond motifs is 1. The molecule has 1 saturated heterocycles. The molecule has 3 heterocycles. The van der Waals surface area contributed by atoms with Crippen LogP contribution >= 0.6 is 0 Å². The maximum absolute atomic E-state index is 5.66. The summed E-state index contributed by atoms with van der Waals surface area (Å²) in [5.74, 6) is 3.06. The summed E-state index contributed by atoms with van der Waals surface area (Å²) >= 11 is 0. The molecule has 0 aliphatic carbocycles. The molecule has 2 aliphatic heterocycles. The lowest BCUT2D eigenvalue weighted by atomic mass is 10.00. The van der Waals surface area contributed by atoms with Crippen molar-refractivity contribution in [2.24, 2.45) is 5.92 Å². The summed E-state index contributed by atoms with van der Waals surface area (Å²) in [5, 5.41) is 8.64. The number of aromatic nitrogens is 3. The molecule has 0 aromatic carbocycles. The van der Waals surface area contributed by atoms with E-state index < -0.39 is 0 Å². The Morgan fingerprint density at radius 2 is 2.31 bits per heavy atom.